The highest BCUT2D eigenvalue weighted by Crippen LogP contribution is 2.34. The summed E-state index contributed by atoms with van der Waals surface area (Å²) in [7, 11) is 0.152. The van der Waals surface area contributed by atoms with Crippen molar-refractivity contribution < 1.29 is 18.5 Å². The number of hydrogen-bond acceptors (Lipinski definition) is 3. The van der Waals surface area contributed by atoms with Crippen LogP contribution in [0.5, 0.6) is 0 Å². The lowest BCUT2D eigenvalue weighted by molar-refractivity contribution is -0.133. The summed E-state index contributed by atoms with van der Waals surface area (Å²) < 4.78 is 26.8. The van der Waals surface area contributed by atoms with Crippen molar-refractivity contribution in [1.29, 1.82) is 0 Å². The van der Waals surface area contributed by atoms with Gasteiger partial charge in [0.05, 0.1) is 16.5 Å². The van der Waals surface area contributed by atoms with Gasteiger partial charge in [-0.3, -0.25) is 9.00 Å². The van der Waals surface area contributed by atoms with Crippen LogP contribution in [0.4, 0.5) is 15.8 Å². The minimum atomic E-state index is -1.61. The standard InChI is InChI=1S/C23H22FNO3S/c1-15-6-4-5-7-19(15)20-13-22(21(24)12-16(20)2)25(3)17-8-10-18(11-9-17)29(28)14-23(26)27/h4-13H,14H2,1-3H3,(H,26,27). The van der Waals surface area contributed by atoms with Crippen LogP contribution >= 0.6 is 0 Å². The molecule has 0 amide bonds. The number of carboxylic acid groups (broad SMARTS) is 1. The maximum absolute atomic E-state index is 14.8. The molecule has 1 unspecified atom stereocenters. The van der Waals surface area contributed by atoms with Gasteiger partial charge >= 0.3 is 5.97 Å². The lowest BCUT2D eigenvalue weighted by Gasteiger charge is -2.22. The van der Waals surface area contributed by atoms with Gasteiger partial charge in [-0.1, -0.05) is 24.3 Å². The van der Waals surface area contributed by atoms with E-state index in [0.717, 1.165) is 22.3 Å². The fraction of sp³-hybridized carbons (Fsp3) is 0.174. The first-order chi connectivity index (χ1) is 13.8. The largest absolute Gasteiger partial charge is 0.481 e. The molecule has 3 aromatic carbocycles. The maximum Gasteiger partial charge on any atom is 0.316 e. The predicted octanol–water partition coefficient (Wildman–Crippen LogP) is 5.07. The molecule has 1 atom stereocenters. The van der Waals surface area contributed by atoms with Crippen LogP contribution < -0.4 is 4.90 Å². The minimum Gasteiger partial charge on any atom is -0.481 e. The number of carbonyl (C=O) groups is 1. The molecule has 0 aliphatic rings. The van der Waals surface area contributed by atoms with Gasteiger partial charge in [0.25, 0.3) is 0 Å². The molecular weight excluding hydrogens is 389 g/mol. The van der Waals surface area contributed by atoms with E-state index in [1.807, 2.05) is 44.2 Å². The number of aliphatic carboxylic acids is 1. The van der Waals surface area contributed by atoms with E-state index in [9.17, 15) is 13.4 Å². The third-order valence-electron chi connectivity index (χ3n) is 4.83. The third kappa shape index (κ3) is 4.54. The van der Waals surface area contributed by atoms with E-state index in [0.29, 0.717) is 16.3 Å². The summed E-state index contributed by atoms with van der Waals surface area (Å²) in [5, 5.41) is 8.79. The van der Waals surface area contributed by atoms with Crippen molar-refractivity contribution >= 4 is 28.1 Å². The molecule has 0 radical (unpaired) electrons. The van der Waals surface area contributed by atoms with Crippen molar-refractivity contribution in [2.75, 3.05) is 17.7 Å². The number of rotatable bonds is 6. The molecule has 0 aliphatic heterocycles. The first-order valence-corrected chi connectivity index (χ1v) is 10.4. The first-order valence-electron chi connectivity index (χ1n) is 9.08. The summed E-state index contributed by atoms with van der Waals surface area (Å²) in [5.74, 6) is -1.89. The molecule has 0 saturated carbocycles. The fourth-order valence-electron chi connectivity index (χ4n) is 3.24. The Morgan fingerprint density at radius 2 is 1.66 bits per heavy atom. The van der Waals surface area contributed by atoms with Gasteiger partial charge in [0, 0.05) is 17.6 Å². The fourth-order valence-corrected chi connectivity index (χ4v) is 4.07. The Morgan fingerprint density at radius 3 is 2.28 bits per heavy atom. The molecular formula is C23H22FNO3S. The molecule has 0 fully saturated rings. The van der Waals surface area contributed by atoms with Gasteiger partial charge in [-0.2, -0.15) is 0 Å². The molecule has 3 rings (SSSR count). The Bertz CT molecular complexity index is 1080. The summed E-state index contributed by atoms with van der Waals surface area (Å²) in [6.07, 6.45) is 0. The lowest BCUT2D eigenvalue weighted by atomic mass is 9.95. The monoisotopic (exact) mass is 411 g/mol. The first kappa shape index (κ1) is 20.7. The van der Waals surface area contributed by atoms with Gasteiger partial charge in [-0.05, 0) is 72.5 Å². The summed E-state index contributed by atoms with van der Waals surface area (Å²) in [6, 6.07) is 18.0. The van der Waals surface area contributed by atoms with Crippen LogP contribution in [-0.4, -0.2) is 28.1 Å². The van der Waals surface area contributed by atoms with Gasteiger partial charge in [0.1, 0.15) is 11.6 Å². The molecule has 0 aromatic heterocycles. The number of anilines is 2. The highest BCUT2D eigenvalue weighted by atomic mass is 32.2. The summed E-state index contributed by atoms with van der Waals surface area (Å²) >= 11 is 0. The van der Waals surface area contributed by atoms with E-state index in [1.54, 1.807) is 36.2 Å². The van der Waals surface area contributed by atoms with Crippen molar-refractivity contribution in [3.8, 4) is 11.1 Å². The van der Waals surface area contributed by atoms with Gasteiger partial charge in [0.2, 0.25) is 0 Å². The molecule has 3 aromatic rings. The Kier molecular flexibility index (Phi) is 6.13. The molecule has 4 nitrogen and oxygen atoms in total. The maximum atomic E-state index is 14.8. The van der Waals surface area contributed by atoms with E-state index < -0.39 is 22.5 Å². The number of aryl methyl sites for hydroxylation is 2. The topological polar surface area (TPSA) is 57.6 Å². The van der Waals surface area contributed by atoms with Crippen molar-refractivity contribution in [2.45, 2.75) is 18.7 Å². The Hall–Kier alpha value is -2.99. The Labute approximate surface area is 172 Å². The van der Waals surface area contributed by atoms with Crippen LogP contribution in [0.15, 0.2) is 65.6 Å². The molecule has 0 spiro atoms. The van der Waals surface area contributed by atoms with Gasteiger partial charge in [0.15, 0.2) is 0 Å². The lowest BCUT2D eigenvalue weighted by Crippen LogP contribution is -2.12. The zero-order chi connectivity index (χ0) is 21.1. The van der Waals surface area contributed by atoms with Crippen molar-refractivity contribution in [1.82, 2.24) is 0 Å². The quantitative estimate of drug-likeness (QED) is 0.615. The average molecular weight is 411 g/mol. The number of carboxylic acids is 1. The van der Waals surface area contributed by atoms with Crippen molar-refractivity contribution in [3.63, 3.8) is 0 Å². The molecule has 0 bridgehead atoms. The summed E-state index contributed by atoms with van der Waals surface area (Å²) in [4.78, 5) is 12.9. The average Bonchev–Trinajstić information content (AvgIpc) is 2.68. The van der Waals surface area contributed by atoms with Crippen LogP contribution in [0.25, 0.3) is 11.1 Å². The second-order valence-corrected chi connectivity index (χ2v) is 8.32. The highest BCUT2D eigenvalue weighted by Gasteiger charge is 2.16. The summed E-state index contributed by atoms with van der Waals surface area (Å²) in [6.45, 7) is 3.92. The van der Waals surface area contributed by atoms with Crippen LogP contribution in [-0.2, 0) is 15.6 Å². The zero-order valence-corrected chi connectivity index (χ0v) is 17.3. The van der Waals surface area contributed by atoms with Crippen LogP contribution in [0.3, 0.4) is 0 Å². The van der Waals surface area contributed by atoms with Gasteiger partial charge in [-0.25, -0.2) is 4.39 Å². The van der Waals surface area contributed by atoms with E-state index in [-0.39, 0.29) is 5.82 Å². The molecule has 150 valence electrons. The molecule has 6 heteroatoms. The van der Waals surface area contributed by atoms with Crippen LogP contribution in [0.2, 0.25) is 0 Å². The van der Waals surface area contributed by atoms with Crippen molar-refractivity contribution in [3.05, 3.63) is 77.6 Å². The number of halogens is 1. The Balaban J connectivity index is 1.96. The molecule has 0 saturated heterocycles. The van der Waals surface area contributed by atoms with Crippen LogP contribution in [0.1, 0.15) is 11.1 Å². The van der Waals surface area contributed by atoms with E-state index in [4.69, 9.17) is 5.11 Å². The molecule has 29 heavy (non-hydrogen) atoms. The smallest absolute Gasteiger partial charge is 0.316 e. The predicted molar refractivity (Wildman–Crippen MR) is 115 cm³/mol. The molecule has 0 heterocycles. The zero-order valence-electron chi connectivity index (χ0n) is 16.5. The SMILES string of the molecule is Cc1ccccc1-c1cc(N(C)c2ccc(S(=O)CC(=O)O)cc2)c(F)cc1C. The molecule has 0 aliphatic carbocycles. The second kappa shape index (κ2) is 8.57. The minimum absolute atomic E-state index is 0.333. The third-order valence-corrected chi connectivity index (χ3v) is 6.14. The number of nitrogens with zero attached hydrogens (tertiary/aromatic N) is 1. The number of hydrogen-bond donors (Lipinski definition) is 1. The van der Waals surface area contributed by atoms with Crippen molar-refractivity contribution in [2.24, 2.45) is 0 Å². The van der Waals surface area contributed by atoms with E-state index in [2.05, 4.69) is 0 Å². The van der Waals surface area contributed by atoms with E-state index in [1.165, 1.54) is 6.07 Å². The van der Waals surface area contributed by atoms with Gasteiger partial charge < -0.3 is 10.0 Å². The highest BCUT2D eigenvalue weighted by molar-refractivity contribution is 7.85. The summed E-state index contributed by atoms with van der Waals surface area (Å²) in [5.41, 5.74) is 5.12. The van der Waals surface area contributed by atoms with E-state index >= 15 is 0 Å². The van der Waals surface area contributed by atoms with Crippen LogP contribution in [0, 0.1) is 19.7 Å². The second-order valence-electron chi connectivity index (χ2n) is 6.87. The Morgan fingerprint density at radius 1 is 1.00 bits per heavy atom. The normalized spacial score (nSPS) is 11.9. The van der Waals surface area contributed by atoms with Gasteiger partial charge in [-0.15, -0.1) is 0 Å². The molecule has 1 N–H and O–H groups in total. The number of benzene rings is 3.